The standard InChI is InChI=1S/C9H5N2O2/c12-9(13)8-10-5-6-3-1-2-4-7(6)11-8/h1-5H. The van der Waals surface area contributed by atoms with Gasteiger partial charge in [0.15, 0.2) is 0 Å². The number of fused-ring (bicyclic) bond motifs is 1. The number of aromatic nitrogens is 2. The van der Waals surface area contributed by atoms with Gasteiger partial charge in [-0.2, -0.15) is 0 Å². The first kappa shape index (κ1) is 7.67. The molecule has 4 nitrogen and oxygen atoms in total. The molecule has 0 N–H and O–H groups in total. The van der Waals surface area contributed by atoms with Crippen LogP contribution in [0, 0.1) is 0 Å². The molecule has 0 aliphatic rings. The fourth-order valence-electron chi connectivity index (χ4n) is 1.07. The molecule has 0 fully saturated rings. The van der Waals surface area contributed by atoms with E-state index in [-0.39, 0.29) is 5.82 Å². The van der Waals surface area contributed by atoms with Crippen molar-refractivity contribution in [2.45, 2.75) is 0 Å². The lowest BCUT2D eigenvalue weighted by Crippen LogP contribution is -2.01. The Bertz CT molecular complexity index is 468. The SMILES string of the molecule is [O]C(=O)c1ncc2ccccc2n1. The zero-order chi connectivity index (χ0) is 9.26. The van der Waals surface area contributed by atoms with Crippen LogP contribution in [-0.4, -0.2) is 15.9 Å². The van der Waals surface area contributed by atoms with E-state index in [2.05, 4.69) is 9.97 Å². The second-order valence-corrected chi connectivity index (χ2v) is 2.54. The molecule has 4 heteroatoms. The summed E-state index contributed by atoms with van der Waals surface area (Å²) in [5.41, 5.74) is 0.608. The number of hydrogen-bond donors (Lipinski definition) is 0. The summed E-state index contributed by atoms with van der Waals surface area (Å²) in [7, 11) is 0. The first-order valence-electron chi connectivity index (χ1n) is 3.70. The predicted octanol–water partition coefficient (Wildman–Crippen LogP) is 1.20. The van der Waals surface area contributed by atoms with Crippen molar-refractivity contribution in [1.82, 2.24) is 9.97 Å². The van der Waals surface area contributed by atoms with Gasteiger partial charge in [-0.15, -0.1) is 0 Å². The van der Waals surface area contributed by atoms with Crippen LogP contribution in [0.2, 0.25) is 0 Å². The third kappa shape index (κ3) is 1.33. The lowest BCUT2D eigenvalue weighted by atomic mass is 10.2. The minimum absolute atomic E-state index is 0.279. The summed E-state index contributed by atoms with van der Waals surface area (Å²) in [5, 5.41) is 11.2. The van der Waals surface area contributed by atoms with Gasteiger partial charge in [0.1, 0.15) is 0 Å². The molecule has 63 valence electrons. The average molecular weight is 173 g/mol. The molecule has 2 rings (SSSR count). The Labute approximate surface area is 73.9 Å². The Balaban J connectivity index is 2.69. The van der Waals surface area contributed by atoms with Crippen LogP contribution in [0.25, 0.3) is 10.9 Å². The maximum Gasteiger partial charge on any atom is 0.423 e. The molecule has 1 heterocycles. The second kappa shape index (κ2) is 2.82. The molecular weight excluding hydrogens is 168 g/mol. The lowest BCUT2D eigenvalue weighted by Gasteiger charge is -1.95. The molecule has 0 spiro atoms. The predicted molar refractivity (Wildman–Crippen MR) is 44.6 cm³/mol. The van der Waals surface area contributed by atoms with Crippen molar-refractivity contribution in [2.75, 3.05) is 0 Å². The summed E-state index contributed by atoms with van der Waals surface area (Å²) in [6.45, 7) is 0. The summed E-state index contributed by atoms with van der Waals surface area (Å²) in [6.07, 6.45) is 1.47. The number of benzene rings is 1. The van der Waals surface area contributed by atoms with E-state index in [1.54, 1.807) is 12.1 Å². The van der Waals surface area contributed by atoms with Crippen LogP contribution in [0.3, 0.4) is 0 Å². The van der Waals surface area contributed by atoms with Crippen molar-refractivity contribution < 1.29 is 9.90 Å². The van der Waals surface area contributed by atoms with Crippen LogP contribution in [0.15, 0.2) is 30.5 Å². The van der Waals surface area contributed by atoms with Crippen molar-refractivity contribution >= 4 is 16.9 Å². The van der Waals surface area contributed by atoms with Crippen molar-refractivity contribution in [3.05, 3.63) is 36.3 Å². The van der Waals surface area contributed by atoms with Crippen molar-refractivity contribution in [3.63, 3.8) is 0 Å². The van der Waals surface area contributed by atoms with Crippen molar-refractivity contribution in [1.29, 1.82) is 0 Å². The number of para-hydroxylation sites is 1. The van der Waals surface area contributed by atoms with Crippen LogP contribution in [0.4, 0.5) is 0 Å². The van der Waals surface area contributed by atoms with Crippen LogP contribution in [0.5, 0.6) is 0 Å². The Morgan fingerprint density at radius 3 is 2.77 bits per heavy atom. The second-order valence-electron chi connectivity index (χ2n) is 2.54. The van der Waals surface area contributed by atoms with Crippen LogP contribution in [-0.2, 0) is 5.11 Å². The molecule has 0 aliphatic heterocycles. The Kier molecular flexibility index (Phi) is 1.66. The van der Waals surface area contributed by atoms with Gasteiger partial charge in [0, 0.05) is 11.6 Å². The van der Waals surface area contributed by atoms with Gasteiger partial charge in [0.05, 0.1) is 5.52 Å². The Hall–Kier alpha value is -1.97. The summed E-state index contributed by atoms with van der Waals surface area (Å²) < 4.78 is 0. The van der Waals surface area contributed by atoms with E-state index < -0.39 is 5.97 Å². The number of carbonyl (C=O) groups is 1. The van der Waals surface area contributed by atoms with Gasteiger partial charge < -0.3 is 0 Å². The normalized spacial score (nSPS) is 10.2. The van der Waals surface area contributed by atoms with Crippen molar-refractivity contribution in [3.8, 4) is 0 Å². The first-order chi connectivity index (χ1) is 6.27. The molecule has 0 bridgehead atoms. The summed E-state index contributed by atoms with van der Waals surface area (Å²) >= 11 is 0. The summed E-state index contributed by atoms with van der Waals surface area (Å²) in [6, 6.07) is 7.16. The molecular formula is C9H5N2O2. The fraction of sp³-hybridized carbons (Fsp3) is 0. The molecule has 1 aromatic carbocycles. The van der Waals surface area contributed by atoms with Gasteiger partial charge in [-0.05, 0) is 6.07 Å². The van der Waals surface area contributed by atoms with E-state index in [1.165, 1.54) is 6.20 Å². The monoisotopic (exact) mass is 173 g/mol. The van der Waals surface area contributed by atoms with E-state index in [9.17, 15) is 9.90 Å². The third-order valence-corrected chi connectivity index (χ3v) is 1.67. The van der Waals surface area contributed by atoms with E-state index >= 15 is 0 Å². The highest BCUT2D eigenvalue weighted by atomic mass is 16.4. The largest absolute Gasteiger partial charge is 0.423 e. The van der Waals surface area contributed by atoms with Crippen LogP contribution >= 0.6 is 0 Å². The number of carbonyl (C=O) groups excluding carboxylic acids is 1. The molecule has 0 amide bonds. The fourth-order valence-corrected chi connectivity index (χ4v) is 1.07. The minimum Gasteiger partial charge on any atom is -0.238 e. The maximum absolute atomic E-state index is 10.4. The van der Waals surface area contributed by atoms with E-state index in [0.29, 0.717) is 5.52 Å². The smallest absolute Gasteiger partial charge is 0.238 e. The van der Waals surface area contributed by atoms with Gasteiger partial charge in [0.2, 0.25) is 5.82 Å². The molecule has 0 atom stereocenters. The van der Waals surface area contributed by atoms with Gasteiger partial charge in [-0.3, -0.25) is 0 Å². The van der Waals surface area contributed by atoms with E-state index in [4.69, 9.17) is 0 Å². The van der Waals surface area contributed by atoms with Crippen LogP contribution in [0.1, 0.15) is 10.6 Å². The molecule has 0 saturated heterocycles. The van der Waals surface area contributed by atoms with Gasteiger partial charge in [0.25, 0.3) is 0 Å². The topological polar surface area (TPSA) is 62.8 Å². The zero-order valence-corrected chi connectivity index (χ0v) is 6.60. The number of rotatable bonds is 1. The van der Waals surface area contributed by atoms with Gasteiger partial charge >= 0.3 is 5.97 Å². The Morgan fingerprint density at radius 2 is 2.00 bits per heavy atom. The molecule has 1 aromatic heterocycles. The number of hydrogen-bond acceptors (Lipinski definition) is 3. The quantitative estimate of drug-likeness (QED) is 0.650. The van der Waals surface area contributed by atoms with Crippen molar-refractivity contribution in [2.24, 2.45) is 0 Å². The number of nitrogens with zero attached hydrogens (tertiary/aromatic N) is 2. The lowest BCUT2D eigenvalue weighted by molar-refractivity contribution is 0.0559. The van der Waals surface area contributed by atoms with E-state index in [0.717, 1.165) is 5.39 Å². The first-order valence-corrected chi connectivity index (χ1v) is 3.70. The minimum atomic E-state index is -1.36. The molecule has 0 aliphatic carbocycles. The van der Waals surface area contributed by atoms with Gasteiger partial charge in [-0.1, -0.05) is 18.2 Å². The average Bonchev–Trinajstić information content (AvgIpc) is 2.17. The summed E-state index contributed by atoms with van der Waals surface area (Å²) in [5.74, 6) is -1.63. The highest BCUT2D eigenvalue weighted by Gasteiger charge is 2.08. The maximum atomic E-state index is 10.4. The molecule has 2 aromatic rings. The third-order valence-electron chi connectivity index (χ3n) is 1.67. The molecule has 1 radical (unpaired) electrons. The highest BCUT2D eigenvalue weighted by Crippen LogP contribution is 2.09. The zero-order valence-electron chi connectivity index (χ0n) is 6.60. The highest BCUT2D eigenvalue weighted by molar-refractivity contribution is 5.86. The molecule has 0 saturated carbocycles. The Morgan fingerprint density at radius 1 is 1.23 bits per heavy atom. The molecule has 13 heavy (non-hydrogen) atoms. The summed E-state index contributed by atoms with van der Waals surface area (Å²) in [4.78, 5) is 17.8. The molecule has 0 unspecified atom stereocenters. The van der Waals surface area contributed by atoms with E-state index in [1.807, 2.05) is 12.1 Å². The van der Waals surface area contributed by atoms with Crippen LogP contribution < -0.4 is 0 Å². The van der Waals surface area contributed by atoms with Gasteiger partial charge in [-0.25, -0.2) is 19.9 Å².